The van der Waals surface area contributed by atoms with E-state index < -0.39 is 0 Å². The van der Waals surface area contributed by atoms with Gasteiger partial charge in [-0.25, -0.2) is 4.98 Å². The molecule has 3 nitrogen and oxygen atoms in total. The van der Waals surface area contributed by atoms with Crippen molar-refractivity contribution in [3.8, 4) is 0 Å². The summed E-state index contributed by atoms with van der Waals surface area (Å²) in [6.07, 6.45) is 5.41. The number of benzene rings is 2. The molecule has 132 valence electrons. The number of hydrogen-bond donors (Lipinski definition) is 1. The summed E-state index contributed by atoms with van der Waals surface area (Å²) in [6, 6.07) is 12.6. The summed E-state index contributed by atoms with van der Waals surface area (Å²) < 4.78 is 0. The van der Waals surface area contributed by atoms with Crippen LogP contribution in [0.5, 0.6) is 0 Å². The van der Waals surface area contributed by atoms with Crippen LogP contribution in [0.2, 0.25) is 15.1 Å². The number of nitrogens with zero attached hydrogens (tertiary/aromatic N) is 1. The molecule has 0 radical (unpaired) electrons. The van der Waals surface area contributed by atoms with Crippen molar-refractivity contribution < 1.29 is 4.79 Å². The Hall–Kier alpha value is -1.85. The van der Waals surface area contributed by atoms with E-state index >= 15 is 0 Å². The number of rotatable bonds is 5. The number of hydrogen-bond acceptors (Lipinski definition) is 3. The molecule has 0 aliphatic rings. The highest BCUT2D eigenvalue weighted by atomic mass is 35.5. The number of thiazole rings is 1. The van der Waals surface area contributed by atoms with E-state index in [9.17, 15) is 4.79 Å². The lowest BCUT2D eigenvalue weighted by atomic mass is 10.1. The molecular formula is C19H13Cl3N2OS. The first-order chi connectivity index (χ1) is 12.5. The third kappa shape index (κ3) is 5.08. The average molecular weight is 424 g/mol. The zero-order chi connectivity index (χ0) is 18.5. The van der Waals surface area contributed by atoms with E-state index in [0.29, 0.717) is 26.6 Å². The summed E-state index contributed by atoms with van der Waals surface area (Å²) in [4.78, 5) is 17.2. The van der Waals surface area contributed by atoms with E-state index in [0.717, 1.165) is 16.0 Å². The van der Waals surface area contributed by atoms with Crippen molar-refractivity contribution in [1.82, 2.24) is 4.98 Å². The molecule has 0 bridgehead atoms. The Morgan fingerprint density at radius 2 is 1.92 bits per heavy atom. The van der Waals surface area contributed by atoms with Gasteiger partial charge in [0.05, 0.1) is 0 Å². The van der Waals surface area contributed by atoms with E-state index in [1.165, 1.54) is 17.4 Å². The van der Waals surface area contributed by atoms with Gasteiger partial charge in [-0.15, -0.1) is 11.3 Å². The van der Waals surface area contributed by atoms with E-state index in [2.05, 4.69) is 10.3 Å². The van der Waals surface area contributed by atoms with Gasteiger partial charge >= 0.3 is 0 Å². The summed E-state index contributed by atoms with van der Waals surface area (Å²) in [5.41, 5.74) is 1.69. The smallest absolute Gasteiger partial charge is 0.250 e. The van der Waals surface area contributed by atoms with Crippen molar-refractivity contribution in [2.24, 2.45) is 0 Å². The second kappa shape index (κ2) is 8.69. The lowest BCUT2D eigenvalue weighted by Gasteiger charge is -2.02. The fraction of sp³-hybridized carbons (Fsp3) is 0.0526. The summed E-state index contributed by atoms with van der Waals surface area (Å²) in [7, 11) is 0. The molecule has 0 atom stereocenters. The SMILES string of the molecule is O=C(/C=C/c1ccccc1Cl)Nc1ncc(Cc2cc(Cl)ccc2Cl)s1. The van der Waals surface area contributed by atoms with Crippen LogP contribution in [-0.2, 0) is 11.2 Å². The van der Waals surface area contributed by atoms with Gasteiger partial charge in [-0.05, 0) is 41.5 Å². The Balaban J connectivity index is 1.64. The topological polar surface area (TPSA) is 42.0 Å². The number of carbonyl (C=O) groups excluding carboxylic acids is 1. The lowest BCUT2D eigenvalue weighted by molar-refractivity contribution is -0.111. The molecule has 1 amide bonds. The van der Waals surface area contributed by atoms with Crippen LogP contribution in [0.25, 0.3) is 6.08 Å². The molecule has 0 aliphatic carbocycles. The second-order valence-electron chi connectivity index (χ2n) is 5.39. The van der Waals surface area contributed by atoms with Crippen LogP contribution < -0.4 is 5.32 Å². The van der Waals surface area contributed by atoms with Gasteiger partial charge in [-0.3, -0.25) is 10.1 Å². The Kier molecular flexibility index (Phi) is 6.33. The Morgan fingerprint density at radius 1 is 1.12 bits per heavy atom. The fourth-order valence-corrected chi connectivity index (χ4v) is 3.65. The molecule has 26 heavy (non-hydrogen) atoms. The van der Waals surface area contributed by atoms with Gasteiger partial charge in [0.2, 0.25) is 5.91 Å². The summed E-state index contributed by atoms with van der Waals surface area (Å²) in [6.45, 7) is 0. The minimum absolute atomic E-state index is 0.272. The summed E-state index contributed by atoms with van der Waals surface area (Å²) >= 11 is 19.6. The molecule has 1 heterocycles. The largest absolute Gasteiger partial charge is 0.298 e. The molecule has 3 rings (SSSR count). The maximum Gasteiger partial charge on any atom is 0.250 e. The predicted octanol–water partition coefficient (Wildman–Crippen LogP) is 6.35. The van der Waals surface area contributed by atoms with Gasteiger partial charge in [0.15, 0.2) is 5.13 Å². The maximum absolute atomic E-state index is 12.1. The molecule has 0 spiro atoms. The van der Waals surface area contributed by atoms with Crippen LogP contribution in [0.3, 0.4) is 0 Å². The quantitative estimate of drug-likeness (QED) is 0.486. The standard InChI is InChI=1S/C19H13Cl3N2OS/c20-14-6-7-17(22)13(9-14)10-15-11-23-19(26-15)24-18(25)8-5-12-3-1-2-4-16(12)21/h1-9,11H,10H2,(H,23,24,25)/b8-5+. The molecule has 0 unspecified atom stereocenters. The minimum atomic E-state index is -0.272. The van der Waals surface area contributed by atoms with Crippen molar-refractivity contribution in [2.45, 2.75) is 6.42 Å². The molecular weight excluding hydrogens is 411 g/mol. The third-order valence-corrected chi connectivity index (χ3v) is 5.34. The maximum atomic E-state index is 12.1. The Morgan fingerprint density at radius 3 is 2.73 bits per heavy atom. The van der Waals surface area contributed by atoms with Gasteiger partial charge in [0.25, 0.3) is 0 Å². The van der Waals surface area contributed by atoms with Crippen molar-refractivity contribution in [3.63, 3.8) is 0 Å². The van der Waals surface area contributed by atoms with Gasteiger partial charge in [-0.2, -0.15) is 0 Å². The van der Waals surface area contributed by atoms with Crippen LogP contribution in [-0.4, -0.2) is 10.9 Å². The number of anilines is 1. The zero-order valence-corrected chi connectivity index (χ0v) is 16.5. The van der Waals surface area contributed by atoms with Crippen molar-refractivity contribution in [2.75, 3.05) is 5.32 Å². The van der Waals surface area contributed by atoms with Crippen LogP contribution >= 0.6 is 46.1 Å². The van der Waals surface area contributed by atoms with Gasteiger partial charge in [0, 0.05) is 38.6 Å². The third-order valence-electron chi connectivity index (χ3n) is 3.48. The summed E-state index contributed by atoms with van der Waals surface area (Å²) in [5, 5.41) is 5.13. The number of aromatic nitrogens is 1. The molecule has 7 heteroatoms. The molecule has 0 saturated carbocycles. The predicted molar refractivity (Wildman–Crippen MR) is 110 cm³/mol. The van der Waals surface area contributed by atoms with Crippen LogP contribution in [0, 0.1) is 0 Å². The molecule has 0 aliphatic heterocycles. The molecule has 3 aromatic rings. The van der Waals surface area contributed by atoms with E-state index in [1.807, 2.05) is 24.3 Å². The van der Waals surface area contributed by atoms with Crippen LogP contribution in [0.15, 0.2) is 54.7 Å². The first-order valence-electron chi connectivity index (χ1n) is 7.63. The van der Waals surface area contributed by atoms with Crippen molar-refractivity contribution >= 4 is 63.3 Å². The first-order valence-corrected chi connectivity index (χ1v) is 9.58. The molecule has 2 aromatic carbocycles. The Labute approximate surface area is 170 Å². The molecule has 1 N–H and O–H groups in total. The fourth-order valence-electron chi connectivity index (χ4n) is 2.24. The average Bonchev–Trinajstić information content (AvgIpc) is 3.04. The minimum Gasteiger partial charge on any atom is -0.298 e. The van der Waals surface area contributed by atoms with Gasteiger partial charge in [-0.1, -0.05) is 53.0 Å². The van der Waals surface area contributed by atoms with Crippen molar-refractivity contribution in [3.05, 3.63) is 85.8 Å². The monoisotopic (exact) mass is 422 g/mol. The van der Waals surface area contributed by atoms with Crippen molar-refractivity contribution in [1.29, 1.82) is 0 Å². The Bertz CT molecular complexity index is 969. The van der Waals surface area contributed by atoms with E-state index in [1.54, 1.807) is 30.5 Å². The molecule has 0 saturated heterocycles. The number of nitrogens with one attached hydrogen (secondary N) is 1. The van der Waals surface area contributed by atoms with E-state index in [4.69, 9.17) is 34.8 Å². The van der Waals surface area contributed by atoms with Gasteiger partial charge < -0.3 is 0 Å². The number of carbonyl (C=O) groups is 1. The second-order valence-corrected chi connectivity index (χ2v) is 7.75. The zero-order valence-electron chi connectivity index (χ0n) is 13.4. The molecule has 0 fully saturated rings. The van der Waals surface area contributed by atoms with E-state index in [-0.39, 0.29) is 5.91 Å². The molecule has 1 aromatic heterocycles. The highest BCUT2D eigenvalue weighted by Gasteiger charge is 2.08. The number of amides is 1. The highest BCUT2D eigenvalue weighted by Crippen LogP contribution is 2.27. The summed E-state index contributed by atoms with van der Waals surface area (Å²) in [5.74, 6) is -0.272. The highest BCUT2D eigenvalue weighted by molar-refractivity contribution is 7.15. The normalized spacial score (nSPS) is 11.0. The number of halogens is 3. The van der Waals surface area contributed by atoms with Crippen LogP contribution in [0.4, 0.5) is 5.13 Å². The van der Waals surface area contributed by atoms with Gasteiger partial charge in [0.1, 0.15) is 0 Å². The van der Waals surface area contributed by atoms with Crippen LogP contribution in [0.1, 0.15) is 16.0 Å². The lowest BCUT2D eigenvalue weighted by Crippen LogP contribution is -2.07. The first kappa shape index (κ1) is 18.9.